The molecule has 1 aliphatic heterocycles. The van der Waals surface area contributed by atoms with E-state index in [1.54, 1.807) is 17.2 Å². The number of para-hydroxylation sites is 1. The molecule has 2 amide bonds. The van der Waals surface area contributed by atoms with Crippen LogP contribution >= 0.6 is 11.8 Å². The van der Waals surface area contributed by atoms with E-state index in [0.29, 0.717) is 10.9 Å². The Morgan fingerprint density at radius 2 is 1.82 bits per heavy atom. The average molecular weight is 462 g/mol. The van der Waals surface area contributed by atoms with E-state index in [0.717, 1.165) is 33.6 Å². The topological polar surface area (TPSA) is 74.9 Å². The van der Waals surface area contributed by atoms with Crippen LogP contribution in [0.2, 0.25) is 0 Å². The molecule has 2 aromatic carbocycles. The monoisotopic (exact) mass is 461 g/mol. The number of benzene rings is 2. The number of hydrogen-bond acceptors (Lipinski definition) is 5. The standard InChI is InChI=1S/C26H27N3O3S/c1-16-10-11-17(2)21(13-16)27-26-29(15-20-9-6-12-32-20)25(31)22(33-26)14-23(30)28-24-18(3)7-5-8-19(24)4/h5-13,22H,14-15H2,1-4H3,(H,28,30). The molecule has 4 rings (SSSR count). The summed E-state index contributed by atoms with van der Waals surface area (Å²) in [5.74, 6) is 0.333. The minimum Gasteiger partial charge on any atom is -0.467 e. The molecule has 1 N–H and O–H groups in total. The summed E-state index contributed by atoms with van der Waals surface area (Å²) < 4.78 is 5.47. The van der Waals surface area contributed by atoms with Crippen molar-refractivity contribution < 1.29 is 14.0 Å². The molecule has 2 heterocycles. The summed E-state index contributed by atoms with van der Waals surface area (Å²) in [4.78, 5) is 32.6. The molecule has 3 aromatic rings. The van der Waals surface area contributed by atoms with Gasteiger partial charge in [-0.3, -0.25) is 14.5 Å². The van der Waals surface area contributed by atoms with E-state index >= 15 is 0 Å². The number of amides is 2. The highest BCUT2D eigenvalue weighted by Gasteiger charge is 2.39. The predicted octanol–water partition coefficient (Wildman–Crippen LogP) is 5.67. The molecule has 1 aromatic heterocycles. The Balaban J connectivity index is 1.58. The van der Waals surface area contributed by atoms with Gasteiger partial charge >= 0.3 is 0 Å². The second-order valence-electron chi connectivity index (χ2n) is 8.31. The third-order valence-corrected chi connectivity index (χ3v) is 6.79. The van der Waals surface area contributed by atoms with Crippen molar-refractivity contribution in [3.05, 3.63) is 82.8 Å². The molecule has 1 fully saturated rings. The van der Waals surface area contributed by atoms with E-state index in [-0.39, 0.29) is 24.8 Å². The molecular formula is C26H27N3O3S. The summed E-state index contributed by atoms with van der Waals surface area (Å²) in [5.41, 5.74) is 5.72. The Kier molecular flexibility index (Phi) is 6.70. The van der Waals surface area contributed by atoms with Crippen molar-refractivity contribution in [3.8, 4) is 0 Å². The summed E-state index contributed by atoms with van der Waals surface area (Å²) >= 11 is 1.33. The second kappa shape index (κ2) is 9.67. The van der Waals surface area contributed by atoms with Crippen molar-refractivity contribution in [2.45, 2.75) is 45.9 Å². The van der Waals surface area contributed by atoms with Crippen LogP contribution in [0.1, 0.15) is 34.4 Å². The van der Waals surface area contributed by atoms with Gasteiger partial charge in [0.05, 0.1) is 18.5 Å². The predicted molar refractivity (Wildman–Crippen MR) is 133 cm³/mol. The molecule has 0 spiro atoms. The van der Waals surface area contributed by atoms with E-state index < -0.39 is 5.25 Å². The van der Waals surface area contributed by atoms with Crippen LogP contribution < -0.4 is 5.32 Å². The van der Waals surface area contributed by atoms with Gasteiger partial charge in [-0.15, -0.1) is 0 Å². The Morgan fingerprint density at radius 3 is 2.52 bits per heavy atom. The average Bonchev–Trinajstić information content (AvgIpc) is 3.38. The Bertz CT molecular complexity index is 1200. The molecule has 33 heavy (non-hydrogen) atoms. The molecule has 1 saturated heterocycles. The molecule has 1 unspecified atom stereocenters. The molecular weight excluding hydrogens is 434 g/mol. The molecule has 6 nitrogen and oxygen atoms in total. The molecule has 7 heteroatoms. The van der Waals surface area contributed by atoms with Crippen molar-refractivity contribution in [1.82, 2.24) is 4.90 Å². The highest BCUT2D eigenvalue weighted by atomic mass is 32.2. The second-order valence-corrected chi connectivity index (χ2v) is 9.48. The highest BCUT2D eigenvalue weighted by molar-refractivity contribution is 8.15. The highest BCUT2D eigenvalue weighted by Crippen LogP contribution is 2.34. The zero-order valence-electron chi connectivity index (χ0n) is 19.2. The van der Waals surface area contributed by atoms with Crippen LogP contribution in [0, 0.1) is 27.7 Å². The van der Waals surface area contributed by atoms with Crippen LogP contribution in [0.5, 0.6) is 0 Å². The van der Waals surface area contributed by atoms with Gasteiger partial charge in [0, 0.05) is 12.1 Å². The fourth-order valence-corrected chi connectivity index (χ4v) is 4.89. The quantitative estimate of drug-likeness (QED) is 0.513. The number of rotatable bonds is 6. The van der Waals surface area contributed by atoms with Gasteiger partial charge < -0.3 is 9.73 Å². The van der Waals surface area contributed by atoms with Crippen LogP contribution in [-0.2, 0) is 16.1 Å². The summed E-state index contributed by atoms with van der Waals surface area (Å²) in [6.45, 7) is 8.19. The molecule has 0 bridgehead atoms. The lowest BCUT2D eigenvalue weighted by Crippen LogP contribution is -2.33. The van der Waals surface area contributed by atoms with E-state index in [1.807, 2.05) is 70.2 Å². The third-order valence-electron chi connectivity index (χ3n) is 5.61. The molecule has 0 radical (unpaired) electrons. The molecule has 170 valence electrons. The lowest BCUT2D eigenvalue weighted by molar-refractivity contribution is -0.128. The van der Waals surface area contributed by atoms with Crippen LogP contribution in [0.15, 0.2) is 64.2 Å². The van der Waals surface area contributed by atoms with Crippen LogP contribution in [0.4, 0.5) is 11.4 Å². The third kappa shape index (κ3) is 5.20. The van der Waals surface area contributed by atoms with E-state index in [1.165, 1.54) is 11.8 Å². The fourth-order valence-electron chi connectivity index (χ4n) is 3.74. The van der Waals surface area contributed by atoms with Crippen molar-refractivity contribution >= 4 is 40.1 Å². The van der Waals surface area contributed by atoms with Crippen molar-refractivity contribution in [2.75, 3.05) is 5.32 Å². The van der Waals surface area contributed by atoms with Crippen molar-refractivity contribution in [2.24, 2.45) is 4.99 Å². The molecule has 0 aliphatic carbocycles. The smallest absolute Gasteiger partial charge is 0.243 e. The van der Waals surface area contributed by atoms with Gasteiger partial charge in [0.25, 0.3) is 0 Å². The van der Waals surface area contributed by atoms with Gasteiger partial charge in [0.2, 0.25) is 11.8 Å². The first-order valence-electron chi connectivity index (χ1n) is 10.8. The van der Waals surface area contributed by atoms with E-state index in [4.69, 9.17) is 9.41 Å². The molecule has 1 aliphatic rings. The van der Waals surface area contributed by atoms with Gasteiger partial charge in [-0.25, -0.2) is 4.99 Å². The molecule has 0 saturated carbocycles. The number of carbonyl (C=O) groups is 2. The Morgan fingerprint density at radius 1 is 1.06 bits per heavy atom. The number of nitrogens with zero attached hydrogens (tertiary/aromatic N) is 2. The van der Waals surface area contributed by atoms with Gasteiger partial charge in [0.15, 0.2) is 5.17 Å². The minimum absolute atomic E-state index is 0.0672. The Hall–Kier alpha value is -3.32. The number of furan rings is 1. The number of nitrogens with one attached hydrogen (secondary N) is 1. The first kappa shape index (κ1) is 22.9. The largest absolute Gasteiger partial charge is 0.467 e. The number of amidine groups is 1. The maximum atomic E-state index is 13.3. The first-order chi connectivity index (χ1) is 15.8. The van der Waals surface area contributed by atoms with Crippen molar-refractivity contribution in [3.63, 3.8) is 0 Å². The Labute approximate surface area is 198 Å². The lowest BCUT2D eigenvalue weighted by Gasteiger charge is -2.15. The first-order valence-corrected chi connectivity index (χ1v) is 11.7. The van der Waals surface area contributed by atoms with Crippen molar-refractivity contribution in [1.29, 1.82) is 0 Å². The minimum atomic E-state index is -0.548. The van der Waals surface area contributed by atoms with Gasteiger partial charge in [0.1, 0.15) is 11.0 Å². The number of hydrogen-bond donors (Lipinski definition) is 1. The lowest BCUT2D eigenvalue weighted by atomic mass is 10.1. The number of thioether (sulfide) groups is 1. The van der Waals surface area contributed by atoms with Crippen LogP contribution in [0.3, 0.4) is 0 Å². The number of carbonyl (C=O) groups excluding carboxylic acids is 2. The van der Waals surface area contributed by atoms with Gasteiger partial charge in [-0.1, -0.05) is 42.1 Å². The zero-order valence-corrected chi connectivity index (χ0v) is 20.0. The summed E-state index contributed by atoms with van der Waals surface area (Å²) in [6.07, 6.45) is 1.65. The van der Waals surface area contributed by atoms with Gasteiger partial charge in [-0.2, -0.15) is 0 Å². The zero-order chi connectivity index (χ0) is 23.5. The summed E-state index contributed by atoms with van der Waals surface area (Å²) in [7, 11) is 0. The summed E-state index contributed by atoms with van der Waals surface area (Å²) in [5, 5.41) is 3.02. The number of anilines is 1. The number of aliphatic imine (C=N–C) groups is 1. The fraction of sp³-hybridized carbons (Fsp3) is 0.269. The maximum Gasteiger partial charge on any atom is 0.243 e. The van der Waals surface area contributed by atoms with E-state index in [2.05, 4.69) is 5.32 Å². The normalized spacial score (nSPS) is 17.1. The number of aryl methyl sites for hydroxylation is 4. The summed E-state index contributed by atoms with van der Waals surface area (Å²) in [6, 6.07) is 15.5. The van der Waals surface area contributed by atoms with Gasteiger partial charge in [-0.05, 0) is 68.1 Å². The van der Waals surface area contributed by atoms with Crippen LogP contribution in [-0.4, -0.2) is 27.1 Å². The SMILES string of the molecule is Cc1ccc(C)c(N=C2SC(CC(=O)Nc3c(C)cccc3C)C(=O)N2Cc2ccco2)c1. The van der Waals surface area contributed by atoms with Crippen LogP contribution in [0.25, 0.3) is 0 Å². The molecule has 1 atom stereocenters. The van der Waals surface area contributed by atoms with E-state index in [9.17, 15) is 9.59 Å². The maximum absolute atomic E-state index is 13.3.